The van der Waals surface area contributed by atoms with Crippen LogP contribution in [-0.2, 0) is 9.47 Å². The third kappa shape index (κ3) is 2.08. The van der Waals surface area contributed by atoms with Crippen LogP contribution in [0.15, 0.2) is 11.1 Å². The van der Waals surface area contributed by atoms with Crippen LogP contribution < -0.4 is 0 Å². The molecule has 1 atom stereocenters. The van der Waals surface area contributed by atoms with E-state index in [0.717, 1.165) is 0 Å². The number of ether oxygens (including phenoxy) is 2. The van der Waals surface area contributed by atoms with Crippen molar-refractivity contribution in [2.24, 2.45) is 0 Å². The zero-order valence-corrected chi connectivity index (χ0v) is 7.72. The number of hydrogen-bond acceptors (Lipinski definition) is 2. The first-order valence-corrected chi connectivity index (χ1v) is 4.14. The number of rotatable bonds is 1. The van der Waals surface area contributed by atoms with Crippen molar-refractivity contribution < 1.29 is 9.47 Å². The molecule has 0 saturated carbocycles. The van der Waals surface area contributed by atoms with Crippen LogP contribution in [-0.4, -0.2) is 18.5 Å². The van der Waals surface area contributed by atoms with Crippen LogP contribution in [0.4, 0.5) is 0 Å². The highest BCUT2D eigenvalue weighted by atomic mass is 79.9. The first-order valence-electron chi connectivity index (χ1n) is 3.23. The van der Waals surface area contributed by atoms with Gasteiger partial charge in [0, 0.05) is 0 Å². The van der Waals surface area contributed by atoms with Gasteiger partial charge in [-0.05, 0) is 24.9 Å². The number of halogens is 1. The molecule has 1 fully saturated rings. The fourth-order valence-electron chi connectivity index (χ4n) is 0.891. The van der Waals surface area contributed by atoms with Gasteiger partial charge in [0.15, 0.2) is 5.79 Å². The third-order valence-corrected chi connectivity index (χ3v) is 1.62. The van der Waals surface area contributed by atoms with Crippen molar-refractivity contribution in [3.05, 3.63) is 11.1 Å². The summed E-state index contributed by atoms with van der Waals surface area (Å²) in [5.41, 5.74) is 0. The molecule has 1 rings (SSSR count). The quantitative estimate of drug-likeness (QED) is 0.655. The molecule has 1 aliphatic heterocycles. The molecular formula is C7H11BrO2. The largest absolute Gasteiger partial charge is 0.347 e. The molecule has 2 nitrogen and oxygen atoms in total. The Bertz CT molecular complexity index is 143. The van der Waals surface area contributed by atoms with Crippen LogP contribution >= 0.6 is 15.9 Å². The second kappa shape index (κ2) is 3.03. The highest BCUT2D eigenvalue weighted by molar-refractivity contribution is 9.11. The van der Waals surface area contributed by atoms with Crippen LogP contribution in [0.25, 0.3) is 0 Å². The Kier molecular flexibility index (Phi) is 2.50. The van der Waals surface area contributed by atoms with Crippen molar-refractivity contribution in [1.82, 2.24) is 0 Å². The van der Waals surface area contributed by atoms with E-state index in [1.54, 1.807) is 4.99 Å². The van der Waals surface area contributed by atoms with E-state index in [4.69, 9.17) is 9.47 Å². The first-order chi connectivity index (χ1) is 4.64. The lowest BCUT2D eigenvalue weighted by Crippen LogP contribution is -2.20. The lowest BCUT2D eigenvalue weighted by molar-refractivity contribution is -0.133. The molecule has 0 bridgehead atoms. The van der Waals surface area contributed by atoms with Gasteiger partial charge in [-0.25, -0.2) is 0 Å². The van der Waals surface area contributed by atoms with E-state index in [1.165, 1.54) is 0 Å². The van der Waals surface area contributed by atoms with Gasteiger partial charge in [0.1, 0.15) is 6.10 Å². The maximum atomic E-state index is 5.45. The van der Waals surface area contributed by atoms with Crippen molar-refractivity contribution in [1.29, 1.82) is 0 Å². The Hall–Kier alpha value is 0.140. The molecule has 0 aromatic carbocycles. The second-order valence-corrected chi connectivity index (χ2v) is 3.21. The summed E-state index contributed by atoms with van der Waals surface area (Å²) in [7, 11) is 0. The molecule has 1 saturated heterocycles. The minimum absolute atomic E-state index is 0.106. The van der Waals surface area contributed by atoms with Gasteiger partial charge in [-0.2, -0.15) is 0 Å². The monoisotopic (exact) mass is 206 g/mol. The smallest absolute Gasteiger partial charge is 0.163 e. The summed E-state index contributed by atoms with van der Waals surface area (Å²) in [5.74, 6) is -0.406. The summed E-state index contributed by atoms with van der Waals surface area (Å²) < 4.78 is 10.8. The molecule has 0 N–H and O–H groups in total. The Morgan fingerprint density at radius 2 is 2.30 bits per heavy atom. The Morgan fingerprint density at radius 1 is 1.60 bits per heavy atom. The minimum atomic E-state index is -0.406. The van der Waals surface area contributed by atoms with Gasteiger partial charge >= 0.3 is 0 Å². The first kappa shape index (κ1) is 8.24. The highest BCUT2D eigenvalue weighted by Gasteiger charge is 2.30. The second-order valence-electron chi connectivity index (χ2n) is 2.69. The van der Waals surface area contributed by atoms with E-state index in [2.05, 4.69) is 15.9 Å². The van der Waals surface area contributed by atoms with Crippen molar-refractivity contribution >= 4 is 15.9 Å². The van der Waals surface area contributed by atoms with Crippen molar-refractivity contribution in [2.75, 3.05) is 6.61 Å². The van der Waals surface area contributed by atoms with Crippen LogP contribution in [0.2, 0.25) is 0 Å². The predicted octanol–water partition coefficient (Wildman–Crippen LogP) is 2.05. The molecule has 0 aromatic heterocycles. The molecule has 1 heterocycles. The standard InChI is InChI=1S/C7H11BrO2/c1-7(2)9-5-6(10-7)3-4-8/h3-4,6H,5H2,1-2H3/b4-3+/t6-/m0/s1. The maximum Gasteiger partial charge on any atom is 0.163 e. The molecule has 1 aliphatic rings. The summed E-state index contributed by atoms with van der Waals surface area (Å²) in [6, 6.07) is 0. The van der Waals surface area contributed by atoms with E-state index >= 15 is 0 Å². The molecule has 0 unspecified atom stereocenters. The van der Waals surface area contributed by atoms with Gasteiger partial charge in [0.05, 0.1) is 6.61 Å². The topological polar surface area (TPSA) is 18.5 Å². The van der Waals surface area contributed by atoms with Crippen LogP contribution in [0.3, 0.4) is 0 Å². The van der Waals surface area contributed by atoms with Crippen molar-refractivity contribution in [3.63, 3.8) is 0 Å². The summed E-state index contributed by atoms with van der Waals surface area (Å²) in [4.78, 5) is 1.79. The Morgan fingerprint density at radius 3 is 2.70 bits per heavy atom. The van der Waals surface area contributed by atoms with Gasteiger partial charge in [-0.3, -0.25) is 0 Å². The molecule has 0 amide bonds. The summed E-state index contributed by atoms with van der Waals surface area (Å²) >= 11 is 3.18. The molecule has 3 heteroatoms. The molecular weight excluding hydrogens is 196 g/mol. The molecule has 0 aliphatic carbocycles. The fraction of sp³-hybridized carbons (Fsp3) is 0.714. The molecule has 0 aromatic rings. The summed E-state index contributed by atoms with van der Waals surface area (Å²) in [6.07, 6.45) is 2.03. The molecule has 0 radical (unpaired) electrons. The molecule has 58 valence electrons. The van der Waals surface area contributed by atoms with Gasteiger partial charge < -0.3 is 9.47 Å². The van der Waals surface area contributed by atoms with E-state index in [0.29, 0.717) is 6.61 Å². The SMILES string of the molecule is CC1(C)OC[C@H](/C=C/Br)O1. The minimum Gasteiger partial charge on any atom is -0.347 e. The predicted molar refractivity (Wildman–Crippen MR) is 43.0 cm³/mol. The summed E-state index contributed by atoms with van der Waals surface area (Å²) in [6.45, 7) is 4.47. The highest BCUT2D eigenvalue weighted by Crippen LogP contribution is 2.22. The van der Waals surface area contributed by atoms with Crippen molar-refractivity contribution in [3.8, 4) is 0 Å². The lowest BCUT2D eigenvalue weighted by Gasteiger charge is -2.15. The van der Waals surface area contributed by atoms with E-state index in [9.17, 15) is 0 Å². The zero-order valence-electron chi connectivity index (χ0n) is 6.13. The average molecular weight is 207 g/mol. The van der Waals surface area contributed by atoms with Gasteiger partial charge in [-0.1, -0.05) is 15.9 Å². The number of hydrogen-bond donors (Lipinski definition) is 0. The van der Waals surface area contributed by atoms with Crippen LogP contribution in [0.5, 0.6) is 0 Å². The third-order valence-electron chi connectivity index (χ3n) is 1.32. The Labute approximate surface area is 69.3 Å². The average Bonchev–Trinajstić information content (AvgIpc) is 2.12. The van der Waals surface area contributed by atoms with Gasteiger partial charge in [0.2, 0.25) is 0 Å². The van der Waals surface area contributed by atoms with Gasteiger partial charge in [0.25, 0.3) is 0 Å². The molecule has 10 heavy (non-hydrogen) atoms. The van der Waals surface area contributed by atoms with E-state index < -0.39 is 5.79 Å². The normalized spacial score (nSPS) is 31.7. The lowest BCUT2D eigenvalue weighted by atomic mass is 10.4. The fourth-order valence-corrected chi connectivity index (χ4v) is 1.23. The summed E-state index contributed by atoms with van der Waals surface area (Å²) in [5, 5.41) is 0. The van der Waals surface area contributed by atoms with Gasteiger partial charge in [-0.15, -0.1) is 0 Å². The van der Waals surface area contributed by atoms with Crippen molar-refractivity contribution in [2.45, 2.75) is 25.7 Å². The molecule has 0 spiro atoms. The van der Waals surface area contributed by atoms with E-state index in [1.807, 2.05) is 19.9 Å². The van der Waals surface area contributed by atoms with Crippen LogP contribution in [0.1, 0.15) is 13.8 Å². The zero-order chi connectivity index (χ0) is 7.61. The Balaban J connectivity index is 2.43. The van der Waals surface area contributed by atoms with E-state index in [-0.39, 0.29) is 6.10 Å². The van der Waals surface area contributed by atoms with Crippen LogP contribution in [0, 0.1) is 0 Å². The maximum absolute atomic E-state index is 5.45.